The molecule has 3 rings (SSSR count). The lowest BCUT2D eigenvalue weighted by atomic mass is 10.1. The number of hydrogen-bond donors (Lipinski definition) is 1. The quantitative estimate of drug-likeness (QED) is 0.743. The number of hydrogen-bond acceptors (Lipinski definition) is 3. The summed E-state index contributed by atoms with van der Waals surface area (Å²) in [7, 11) is 0. The number of ether oxygens (including phenoxy) is 1. The SMILES string of the molecule is CCOc1ccc(C(=O)Nc2cnn(Cc3cccc(C)c3)c2)cc1. The first kappa shape index (κ1) is 16.8. The number of rotatable bonds is 6. The highest BCUT2D eigenvalue weighted by Crippen LogP contribution is 2.14. The van der Waals surface area contributed by atoms with Crippen LogP contribution in [-0.4, -0.2) is 22.3 Å². The summed E-state index contributed by atoms with van der Waals surface area (Å²) < 4.78 is 7.19. The molecule has 0 unspecified atom stereocenters. The molecule has 0 radical (unpaired) electrons. The van der Waals surface area contributed by atoms with Gasteiger partial charge in [-0.15, -0.1) is 0 Å². The Morgan fingerprint density at radius 1 is 1.20 bits per heavy atom. The van der Waals surface area contributed by atoms with E-state index in [2.05, 4.69) is 35.5 Å². The van der Waals surface area contributed by atoms with Gasteiger partial charge in [-0.05, 0) is 43.7 Å². The van der Waals surface area contributed by atoms with Gasteiger partial charge in [0.1, 0.15) is 5.75 Å². The molecule has 0 atom stereocenters. The largest absolute Gasteiger partial charge is 0.494 e. The fourth-order valence-electron chi connectivity index (χ4n) is 2.58. The van der Waals surface area contributed by atoms with Crippen molar-refractivity contribution in [2.24, 2.45) is 0 Å². The minimum absolute atomic E-state index is 0.168. The third kappa shape index (κ3) is 4.47. The highest BCUT2D eigenvalue weighted by Gasteiger charge is 2.08. The van der Waals surface area contributed by atoms with Crippen molar-refractivity contribution in [3.8, 4) is 5.75 Å². The second-order valence-electron chi connectivity index (χ2n) is 5.83. The molecular formula is C20H21N3O2. The van der Waals surface area contributed by atoms with Crippen LogP contribution in [0, 0.1) is 6.92 Å². The predicted molar refractivity (Wildman–Crippen MR) is 98.1 cm³/mol. The molecule has 128 valence electrons. The van der Waals surface area contributed by atoms with Crippen LogP contribution in [0.1, 0.15) is 28.4 Å². The van der Waals surface area contributed by atoms with Crippen LogP contribution in [0.15, 0.2) is 60.9 Å². The lowest BCUT2D eigenvalue weighted by molar-refractivity contribution is 0.102. The highest BCUT2D eigenvalue weighted by atomic mass is 16.5. The smallest absolute Gasteiger partial charge is 0.255 e. The van der Waals surface area contributed by atoms with Gasteiger partial charge in [-0.25, -0.2) is 0 Å². The van der Waals surface area contributed by atoms with Crippen molar-refractivity contribution in [3.05, 3.63) is 77.6 Å². The van der Waals surface area contributed by atoms with E-state index in [1.807, 2.05) is 23.9 Å². The van der Waals surface area contributed by atoms with Crippen LogP contribution in [0.4, 0.5) is 5.69 Å². The van der Waals surface area contributed by atoms with Gasteiger partial charge in [0.25, 0.3) is 5.91 Å². The summed E-state index contributed by atoms with van der Waals surface area (Å²) in [5, 5.41) is 7.17. The Hall–Kier alpha value is -3.08. The topological polar surface area (TPSA) is 56.1 Å². The first-order valence-corrected chi connectivity index (χ1v) is 8.26. The molecule has 0 spiro atoms. The summed E-state index contributed by atoms with van der Waals surface area (Å²) in [5.74, 6) is 0.586. The van der Waals surface area contributed by atoms with Crippen LogP contribution >= 0.6 is 0 Å². The fraction of sp³-hybridized carbons (Fsp3) is 0.200. The van der Waals surface area contributed by atoms with Gasteiger partial charge in [0.15, 0.2) is 0 Å². The van der Waals surface area contributed by atoms with Crippen LogP contribution in [0.2, 0.25) is 0 Å². The molecule has 0 aliphatic carbocycles. The summed E-state index contributed by atoms with van der Waals surface area (Å²) in [5.41, 5.74) is 3.64. The normalized spacial score (nSPS) is 10.5. The Labute approximate surface area is 147 Å². The maximum Gasteiger partial charge on any atom is 0.255 e. The zero-order valence-electron chi connectivity index (χ0n) is 14.4. The number of carbonyl (C=O) groups excluding carboxylic acids is 1. The summed E-state index contributed by atoms with van der Waals surface area (Å²) in [6.07, 6.45) is 3.48. The summed E-state index contributed by atoms with van der Waals surface area (Å²) in [6.45, 7) is 5.26. The van der Waals surface area contributed by atoms with Crippen molar-refractivity contribution in [3.63, 3.8) is 0 Å². The van der Waals surface area contributed by atoms with Gasteiger partial charge in [0.05, 0.1) is 25.0 Å². The summed E-state index contributed by atoms with van der Waals surface area (Å²) >= 11 is 0. The number of anilines is 1. The van der Waals surface area contributed by atoms with Gasteiger partial charge >= 0.3 is 0 Å². The summed E-state index contributed by atoms with van der Waals surface area (Å²) in [6, 6.07) is 15.4. The average molecular weight is 335 g/mol. The molecular weight excluding hydrogens is 314 g/mol. The third-order valence-corrected chi connectivity index (χ3v) is 3.75. The number of aryl methyl sites for hydroxylation is 1. The van der Waals surface area contributed by atoms with E-state index in [0.717, 1.165) is 5.75 Å². The first-order valence-electron chi connectivity index (χ1n) is 8.26. The maximum absolute atomic E-state index is 12.3. The molecule has 25 heavy (non-hydrogen) atoms. The molecule has 1 N–H and O–H groups in total. The molecule has 1 aromatic heterocycles. The van der Waals surface area contributed by atoms with E-state index < -0.39 is 0 Å². The highest BCUT2D eigenvalue weighted by molar-refractivity contribution is 6.04. The van der Waals surface area contributed by atoms with Crippen molar-refractivity contribution in [1.82, 2.24) is 9.78 Å². The molecule has 0 aliphatic heterocycles. The van der Waals surface area contributed by atoms with E-state index in [4.69, 9.17) is 4.74 Å². The van der Waals surface area contributed by atoms with Crippen molar-refractivity contribution in [1.29, 1.82) is 0 Å². The molecule has 0 fully saturated rings. The molecule has 0 aliphatic rings. The van der Waals surface area contributed by atoms with E-state index in [-0.39, 0.29) is 5.91 Å². The molecule has 0 saturated carbocycles. The Morgan fingerprint density at radius 2 is 2.00 bits per heavy atom. The van der Waals surface area contributed by atoms with Crippen LogP contribution in [0.5, 0.6) is 5.75 Å². The van der Waals surface area contributed by atoms with Gasteiger partial charge in [-0.1, -0.05) is 29.8 Å². The second-order valence-corrected chi connectivity index (χ2v) is 5.83. The Morgan fingerprint density at radius 3 is 2.72 bits per heavy atom. The van der Waals surface area contributed by atoms with Gasteiger partial charge in [-0.2, -0.15) is 5.10 Å². The lowest BCUT2D eigenvalue weighted by Crippen LogP contribution is -2.11. The van der Waals surface area contributed by atoms with E-state index in [0.29, 0.717) is 24.4 Å². The van der Waals surface area contributed by atoms with E-state index >= 15 is 0 Å². The van der Waals surface area contributed by atoms with E-state index in [9.17, 15) is 4.79 Å². The van der Waals surface area contributed by atoms with Crippen LogP contribution < -0.4 is 10.1 Å². The number of nitrogens with one attached hydrogen (secondary N) is 1. The number of nitrogens with zero attached hydrogens (tertiary/aromatic N) is 2. The van der Waals surface area contributed by atoms with Crippen molar-refractivity contribution >= 4 is 11.6 Å². The average Bonchev–Trinajstić information content (AvgIpc) is 3.02. The standard InChI is InChI=1S/C20H21N3O2/c1-3-25-19-9-7-17(8-10-19)20(24)22-18-12-21-23(14-18)13-16-6-4-5-15(2)11-16/h4-12,14H,3,13H2,1-2H3,(H,22,24). The molecule has 3 aromatic rings. The predicted octanol–water partition coefficient (Wildman–Crippen LogP) is 3.89. The summed E-state index contributed by atoms with van der Waals surface area (Å²) in [4.78, 5) is 12.3. The van der Waals surface area contributed by atoms with Crippen molar-refractivity contribution in [2.45, 2.75) is 20.4 Å². The number of aromatic nitrogens is 2. The monoisotopic (exact) mass is 335 g/mol. The fourth-order valence-corrected chi connectivity index (χ4v) is 2.58. The Bertz CT molecular complexity index is 853. The van der Waals surface area contributed by atoms with Crippen LogP contribution in [-0.2, 0) is 6.54 Å². The Balaban J connectivity index is 1.63. The maximum atomic E-state index is 12.3. The molecule has 1 heterocycles. The molecule has 0 saturated heterocycles. The minimum atomic E-state index is -0.168. The first-order chi connectivity index (χ1) is 12.1. The van der Waals surface area contributed by atoms with E-state index in [1.165, 1.54) is 11.1 Å². The number of benzene rings is 2. The van der Waals surface area contributed by atoms with Crippen molar-refractivity contribution in [2.75, 3.05) is 11.9 Å². The van der Waals surface area contributed by atoms with Crippen LogP contribution in [0.25, 0.3) is 0 Å². The molecule has 5 nitrogen and oxygen atoms in total. The third-order valence-electron chi connectivity index (χ3n) is 3.75. The van der Waals surface area contributed by atoms with Gasteiger partial charge in [0, 0.05) is 11.8 Å². The van der Waals surface area contributed by atoms with Gasteiger partial charge in [0.2, 0.25) is 0 Å². The second kappa shape index (κ2) is 7.66. The molecule has 0 bridgehead atoms. The molecule has 1 amide bonds. The Kier molecular flexibility index (Phi) is 5.14. The zero-order valence-corrected chi connectivity index (χ0v) is 14.4. The van der Waals surface area contributed by atoms with Crippen molar-refractivity contribution < 1.29 is 9.53 Å². The minimum Gasteiger partial charge on any atom is -0.494 e. The lowest BCUT2D eigenvalue weighted by Gasteiger charge is -2.05. The van der Waals surface area contributed by atoms with Gasteiger partial charge in [-0.3, -0.25) is 9.48 Å². The molecule has 5 heteroatoms. The molecule has 2 aromatic carbocycles. The zero-order chi connectivity index (χ0) is 17.6. The van der Waals surface area contributed by atoms with E-state index in [1.54, 1.807) is 30.5 Å². The number of carbonyl (C=O) groups is 1. The van der Waals surface area contributed by atoms with Crippen LogP contribution in [0.3, 0.4) is 0 Å². The van der Waals surface area contributed by atoms with Gasteiger partial charge < -0.3 is 10.1 Å². The number of amides is 1.